The number of aliphatic hydroxyl groups excluding tert-OH is 1. The second kappa shape index (κ2) is 7.92. The zero-order chi connectivity index (χ0) is 18.7. The molecule has 26 heavy (non-hydrogen) atoms. The van der Waals surface area contributed by atoms with Crippen LogP contribution in [0.2, 0.25) is 0 Å². The van der Waals surface area contributed by atoms with E-state index in [1.54, 1.807) is 17.0 Å². The minimum absolute atomic E-state index is 0.0114. The van der Waals surface area contributed by atoms with E-state index >= 15 is 0 Å². The van der Waals surface area contributed by atoms with Crippen molar-refractivity contribution in [3.05, 3.63) is 52.9 Å². The summed E-state index contributed by atoms with van der Waals surface area (Å²) in [4.78, 5) is 16.4. The van der Waals surface area contributed by atoms with Gasteiger partial charge in [0.2, 0.25) is 0 Å². The van der Waals surface area contributed by atoms with E-state index in [2.05, 4.69) is 15.1 Å². The van der Waals surface area contributed by atoms with Crippen molar-refractivity contribution in [3.8, 4) is 0 Å². The van der Waals surface area contributed by atoms with Gasteiger partial charge in [-0.2, -0.15) is 5.10 Å². The highest BCUT2D eigenvalue weighted by Crippen LogP contribution is 2.19. The van der Waals surface area contributed by atoms with Crippen LogP contribution in [0.4, 0.5) is 8.78 Å². The van der Waals surface area contributed by atoms with Crippen molar-refractivity contribution >= 4 is 5.91 Å². The molecule has 1 aliphatic heterocycles. The first kappa shape index (κ1) is 18.5. The minimum atomic E-state index is -0.871. The van der Waals surface area contributed by atoms with Crippen LogP contribution in [0.1, 0.15) is 28.2 Å². The summed E-state index contributed by atoms with van der Waals surface area (Å²) in [6.07, 6.45) is 0.493. The largest absolute Gasteiger partial charge is 0.396 e. The maximum absolute atomic E-state index is 13.4. The third kappa shape index (κ3) is 4.08. The molecule has 1 saturated heterocycles. The van der Waals surface area contributed by atoms with Crippen molar-refractivity contribution in [2.45, 2.75) is 25.9 Å². The average molecular weight is 364 g/mol. The van der Waals surface area contributed by atoms with E-state index in [-0.39, 0.29) is 18.6 Å². The number of nitrogens with one attached hydrogen (secondary N) is 1. The van der Waals surface area contributed by atoms with Gasteiger partial charge in [-0.25, -0.2) is 8.78 Å². The number of benzene rings is 1. The van der Waals surface area contributed by atoms with Crippen molar-refractivity contribution in [1.82, 2.24) is 20.0 Å². The number of carbonyl (C=O) groups is 1. The first-order valence-corrected chi connectivity index (χ1v) is 8.58. The molecule has 2 aromatic rings. The summed E-state index contributed by atoms with van der Waals surface area (Å²) in [7, 11) is 0. The van der Waals surface area contributed by atoms with Gasteiger partial charge >= 0.3 is 0 Å². The van der Waals surface area contributed by atoms with E-state index in [0.29, 0.717) is 43.9 Å². The summed E-state index contributed by atoms with van der Waals surface area (Å²) in [5.74, 6) is -1.89. The number of halogens is 2. The number of rotatable bonds is 5. The standard InChI is InChI=1S/C18H22F2N4O2/c1-12-8-17(22-21-12)18(26)24-6-5-23(14(11-24)4-7-25)10-13-2-3-15(19)16(20)9-13/h2-3,8-9,14,25H,4-7,10-11H2,1H3,(H,21,22). The summed E-state index contributed by atoms with van der Waals surface area (Å²) in [6, 6.07) is 5.50. The number of piperazine rings is 1. The number of nitrogens with zero attached hydrogens (tertiary/aromatic N) is 3. The lowest BCUT2D eigenvalue weighted by Gasteiger charge is -2.41. The molecule has 0 radical (unpaired) electrons. The Morgan fingerprint density at radius 3 is 2.77 bits per heavy atom. The number of H-pyrrole nitrogens is 1. The highest BCUT2D eigenvalue weighted by atomic mass is 19.2. The number of carbonyl (C=O) groups excluding carboxylic acids is 1. The topological polar surface area (TPSA) is 72.5 Å². The molecule has 1 fully saturated rings. The van der Waals surface area contributed by atoms with Crippen molar-refractivity contribution in [3.63, 3.8) is 0 Å². The van der Waals surface area contributed by atoms with E-state index in [0.717, 1.165) is 11.8 Å². The van der Waals surface area contributed by atoms with Gasteiger partial charge < -0.3 is 10.0 Å². The molecule has 6 nitrogen and oxygen atoms in total. The third-order valence-electron chi connectivity index (χ3n) is 4.65. The number of aromatic amines is 1. The number of aryl methyl sites for hydroxylation is 1. The van der Waals surface area contributed by atoms with Gasteiger partial charge in [0, 0.05) is 44.5 Å². The molecule has 1 aromatic carbocycles. The first-order chi connectivity index (χ1) is 12.5. The van der Waals surface area contributed by atoms with Gasteiger partial charge in [0.1, 0.15) is 5.69 Å². The summed E-state index contributed by atoms with van der Waals surface area (Å²) in [5, 5.41) is 16.1. The molecule has 0 bridgehead atoms. The fourth-order valence-electron chi connectivity index (χ4n) is 3.27. The van der Waals surface area contributed by atoms with Crippen molar-refractivity contribution in [2.24, 2.45) is 0 Å². The number of hydrogen-bond donors (Lipinski definition) is 2. The van der Waals surface area contributed by atoms with Crippen LogP contribution < -0.4 is 0 Å². The van der Waals surface area contributed by atoms with Crippen LogP contribution in [-0.2, 0) is 6.54 Å². The molecule has 2 heterocycles. The molecule has 8 heteroatoms. The molecular formula is C18H22F2N4O2. The molecule has 140 valence electrons. The smallest absolute Gasteiger partial charge is 0.274 e. The lowest BCUT2D eigenvalue weighted by atomic mass is 10.1. The highest BCUT2D eigenvalue weighted by Gasteiger charge is 2.30. The maximum atomic E-state index is 13.4. The van der Waals surface area contributed by atoms with Crippen LogP contribution >= 0.6 is 0 Å². The Kier molecular flexibility index (Phi) is 5.63. The van der Waals surface area contributed by atoms with E-state index in [1.165, 1.54) is 6.07 Å². The predicted octanol–water partition coefficient (Wildman–Crippen LogP) is 1.71. The lowest BCUT2D eigenvalue weighted by molar-refractivity contribution is 0.0390. The fraction of sp³-hybridized carbons (Fsp3) is 0.444. The lowest BCUT2D eigenvalue weighted by Crippen LogP contribution is -2.54. The van der Waals surface area contributed by atoms with E-state index in [1.807, 2.05) is 6.92 Å². The minimum Gasteiger partial charge on any atom is -0.396 e. The van der Waals surface area contributed by atoms with E-state index < -0.39 is 11.6 Å². The van der Waals surface area contributed by atoms with Crippen molar-refractivity contribution in [2.75, 3.05) is 26.2 Å². The maximum Gasteiger partial charge on any atom is 0.274 e. The molecule has 2 N–H and O–H groups in total. The van der Waals surface area contributed by atoms with Gasteiger partial charge in [-0.05, 0) is 37.1 Å². The molecular weight excluding hydrogens is 342 g/mol. The van der Waals surface area contributed by atoms with Crippen molar-refractivity contribution in [1.29, 1.82) is 0 Å². The SMILES string of the molecule is Cc1cc(C(=O)N2CCN(Cc3ccc(F)c(F)c3)C(CCO)C2)n[nH]1. The summed E-state index contributed by atoms with van der Waals surface area (Å²) in [6.45, 7) is 3.80. The monoisotopic (exact) mass is 364 g/mol. The third-order valence-corrected chi connectivity index (χ3v) is 4.65. The van der Waals surface area contributed by atoms with Crippen LogP contribution in [0.3, 0.4) is 0 Å². The molecule has 0 spiro atoms. The molecule has 1 aliphatic rings. The number of aromatic nitrogens is 2. The van der Waals surface area contributed by atoms with Crippen LogP contribution in [0, 0.1) is 18.6 Å². The summed E-state index contributed by atoms with van der Waals surface area (Å²) >= 11 is 0. The van der Waals surface area contributed by atoms with Gasteiger partial charge in [0.25, 0.3) is 5.91 Å². The average Bonchev–Trinajstić information content (AvgIpc) is 3.05. The van der Waals surface area contributed by atoms with Gasteiger partial charge in [0.15, 0.2) is 11.6 Å². The number of amides is 1. The Morgan fingerprint density at radius 2 is 2.12 bits per heavy atom. The first-order valence-electron chi connectivity index (χ1n) is 8.58. The molecule has 1 atom stereocenters. The van der Waals surface area contributed by atoms with Crippen LogP contribution in [0.5, 0.6) is 0 Å². The number of aliphatic hydroxyl groups is 1. The van der Waals surface area contributed by atoms with Crippen LogP contribution in [-0.4, -0.2) is 63.3 Å². The summed E-state index contributed by atoms with van der Waals surface area (Å²) < 4.78 is 26.5. The zero-order valence-corrected chi connectivity index (χ0v) is 14.6. The Labute approximate surface area is 150 Å². The molecule has 1 amide bonds. The Hall–Kier alpha value is -2.32. The Balaban J connectivity index is 1.69. The zero-order valence-electron chi connectivity index (χ0n) is 14.6. The van der Waals surface area contributed by atoms with Gasteiger partial charge in [-0.3, -0.25) is 14.8 Å². The number of hydrogen-bond acceptors (Lipinski definition) is 4. The Morgan fingerprint density at radius 1 is 1.31 bits per heavy atom. The molecule has 0 aliphatic carbocycles. The van der Waals surface area contributed by atoms with E-state index in [9.17, 15) is 18.7 Å². The Bertz CT molecular complexity index is 780. The molecule has 0 saturated carbocycles. The second-order valence-corrected chi connectivity index (χ2v) is 6.57. The quantitative estimate of drug-likeness (QED) is 0.847. The van der Waals surface area contributed by atoms with Gasteiger partial charge in [0.05, 0.1) is 0 Å². The predicted molar refractivity (Wildman–Crippen MR) is 91.5 cm³/mol. The summed E-state index contributed by atoms with van der Waals surface area (Å²) in [5.41, 5.74) is 1.85. The van der Waals surface area contributed by atoms with E-state index in [4.69, 9.17) is 0 Å². The fourth-order valence-corrected chi connectivity index (χ4v) is 3.27. The van der Waals surface area contributed by atoms with Gasteiger partial charge in [-0.1, -0.05) is 6.07 Å². The molecule has 1 aromatic heterocycles. The second-order valence-electron chi connectivity index (χ2n) is 6.57. The molecule has 1 unspecified atom stereocenters. The normalized spacial score (nSPS) is 18.3. The van der Waals surface area contributed by atoms with Crippen LogP contribution in [0.15, 0.2) is 24.3 Å². The van der Waals surface area contributed by atoms with Gasteiger partial charge in [-0.15, -0.1) is 0 Å². The van der Waals surface area contributed by atoms with Crippen molar-refractivity contribution < 1.29 is 18.7 Å². The highest BCUT2D eigenvalue weighted by molar-refractivity contribution is 5.92. The van der Waals surface area contributed by atoms with Crippen LogP contribution in [0.25, 0.3) is 0 Å². The molecule has 3 rings (SSSR count).